The highest BCUT2D eigenvalue weighted by molar-refractivity contribution is 5.88. The van der Waals surface area contributed by atoms with Gasteiger partial charge < -0.3 is 0 Å². The van der Waals surface area contributed by atoms with Crippen LogP contribution in [0.3, 0.4) is 0 Å². The molecule has 3 rings (SSSR count). The Morgan fingerprint density at radius 1 is 0.857 bits per heavy atom. The SMILES string of the molecule is c1cnc2nc3cccnc3cc2c1. The Bertz CT molecular complexity index is 499. The molecule has 14 heavy (non-hydrogen) atoms. The van der Waals surface area contributed by atoms with Gasteiger partial charge in [0, 0.05) is 17.8 Å². The molecule has 0 aliphatic heterocycles. The van der Waals surface area contributed by atoms with Gasteiger partial charge in [0.05, 0.1) is 11.0 Å². The van der Waals surface area contributed by atoms with Crippen LogP contribution in [0, 0.1) is 0 Å². The third kappa shape index (κ3) is 1.03. The molecule has 0 spiro atoms. The van der Waals surface area contributed by atoms with Crippen LogP contribution in [-0.2, 0) is 0 Å². The molecule has 0 aliphatic rings. The fourth-order valence-electron chi connectivity index (χ4n) is 1.49. The van der Waals surface area contributed by atoms with Crippen molar-refractivity contribution < 1.29 is 0 Å². The van der Waals surface area contributed by atoms with E-state index in [1.807, 2.05) is 30.3 Å². The van der Waals surface area contributed by atoms with Crippen LogP contribution in [0.15, 0.2) is 42.7 Å². The normalized spacial score (nSPS) is 10.9. The summed E-state index contributed by atoms with van der Waals surface area (Å²) in [5.41, 5.74) is 2.57. The largest absolute Gasteiger partial charge is 0.255 e. The summed E-state index contributed by atoms with van der Waals surface area (Å²) >= 11 is 0. The molecule has 3 nitrogen and oxygen atoms in total. The molecule has 0 saturated heterocycles. The van der Waals surface area contributed by atoms with Gasteiger partial charge in [-0.1, -0.05) is 0 Å². The molecule has 0 fully saturated rings. The van der Waals surface area contributed by atoms with Gasteiger partial charge in [0.25, 0.3) is 0 Å². The number of hydrogen-bond acceptors (Lipinski definition) is 3. The number of aromatic nitrogens is 3. The third-order valence-electron chi connectivity index (χ3n) is 2.15. The van der Waals surface area contributed by atoms with Crippen LogP contribution >= 0.6 is 0 Å². The molecule has 66 valence electrons. The third-order valence-corrected chi connectivity index (χ3v) is 2.15. The number of hydrogen-bond donors (Lipinski definition) is 0. The Kier molecular flexibility index (Phi) is 1.44. The van der Waals surface area contributed by atoms with Gasteiger partial charge in [-0.2, -0.15) is 0 Å². The summed E-state index contributed by atoms with van der Waals surface area (Å²) in [6.07, 6.45) is 3.52. The highest BCUT2D eigenvalue weighted by atomic mass is 14.8. The van der Waals surface area contributed by atoms with Crippen molar-refractivity contribution in [2.75, 3.05) is 0 Å². The Morgan fingerprint density at radius 3 is 2.71 bits per heavy atom. The second-order valence-corrected chi connectivity index (χ2v) is 3.08. The zero-order chi connectivity index (χ0) is 9.38. The average molecular weight is 181 g/mol. The minimum absolute atomic E-state index is 0.771. The van der Waals surface area contributed by atoms with E-state index in [0.717, 1.165) is 22.1 Å². The van der Waals surface area contributed by atoms with Crippen LogP contribution in [0.25, 0.3) is 22.1 Å². The smallest absolute Gasteiger partial charge is 0.159 e. The zero-order valence-corrected chi connectivity index (χ0v) is 7.38. The minimum Gasteiger partial charge on any atom is -0.255 e. The quantitative estimate of drug-likeness (QED) is 0.499. The van der Waals surface area contributed by atoms with Crippen LogP contribution in [0.4, 0.5) is 0 Å². The summed E-state index contributed by atoms with van der Waals surface area (Å²) in [6, 6.07) is 9.72. The average Bonchev–Trinajstić information content (AvgIpc) is 2.26. The number of fused-ring (bicyclic) bond motifs is 2. The first-order valence-corrected chi connectivity index (χ1v) is 4.40. The number of nitrogens with zero attached hydrogens (tertiary/aromatic N) is 3. The van der Waals surface area contributed by atoms with Crippen molar-refractivity contribution in [2.24, 2.45) is 0 Å². The predicted molar refractivity (Wildman–Crippen MR) is 54.8 cm³/mol. The lowest BCUT2D eigenvalue weighted by Crippen LogP contribution is -1.86. The molecule has 0 radical (unpaired) electrons. The second kappa shape index (κ2) is 2.73. The van der Waals surface area contributed by atoms with Gasteiger partial charge >= 0.3 is 0 Å². The molecule has 0 unspecified atom stereocenters. The van der Waals surface area contributed by atoms with Crippen molar-refractivity contribution >= 4 is 22.1 Å². The van der Waals surface area contributed by atoms with Crippen molar-refractivity contribution in [3.8, 4) is 0 Å². The first-order valence-electron chi connectivity index (χ1n) is 4.40. The summed E-state index contributed by atoms with van der Waals surface area (Å²) in [5.74, 6) is 0. The molecule has 0 N–H and O–H groups in total. The van der Waals surface area contributed by atoms with Crippen molar-refractivity contribution in [3.05, 3.63) is 42.7 Å². The molecule has 0 bridgehead atoms. The molecule has 0 aliphatic carbocycles. The minimum atomic E-state index is 0.771. The highest BCUT2D eigenvalue weighted by Gasteiger charge is 1.98. The molecule has 3 heteroatoms. The molecule has 3 aromatic heterocycles. The Hall–Kier alpha value is -2.03. The second-order valence-electron chi connectivity index (χ2n) is 3.08. The summed E-state index contributed by atoms with van der Waals surface area (Å²) < 4.78 is 0. The summed E-state index contributed by atoms with van der Waals surface area (Å²) in [7, 11) is 0. The van der Waals surface area contributed by atoms with Gasteiger partial charge in [-0.25, -0.2) is 9.97 Å². The van der Waals surface area contributed by atoms with Crippen molar-refractivity contribution in [1.82, 2.24) is 15.0 Å². The number of pyridine rings is 3. The maximum absolute atomic E-state index is 4.40. The monoisotopic (exact) mass is 181 g/mol. The molecule has 3 aromatic rings. The Labute approximate surface area is 80.5 Å². The summed E-state index contributed by atoms with van der Waals surface area (Å²) in [6.45, 7) is 0. The molecule has 0 saturated carbocycles. The van der Waals surface area contributed by atoms with Gasteiger partial charge in [-0.3, -0.25) is 4.98 Å². The Balaban J connectivity index is 2.52. The van der Waals surface area contributed by atoms with Gasteiger partial charge in [-0.15, -0.1) is 0 Å². The highest BCUT2D eigenvalue weighted by Crippen LogP contribution is 2.14. The molecule has 0 amide bonds. The zero-order valence-electron chi connectivity index (χ0n) is 7.38. The van der Waals surface area contributed by atoms with Crippen LogP contribution in [0.2, 0.25) is 0 Å². The lowest BCUT2D eigenvalue weighted by Gasteiger charge is -1.98. The molecular formula is C11H7N3. The first-order chi connectivity index (χ1) is 6.93. The number of rotatable bonds is 0. The van der Waals surface area contributed by atoms with Crippen LogP contribution in [0.5, 0.6) is 0 Å². The molecular weight excluding hydrogens is 174 g/mol. The lowest BCUT2D eigenvalue weighted by molar-refractivity contribution is 1.30. The van der Waals surface area contributed by atoms with Gasteiger partial charge in [0.15, 0.2) is 5.65 Å². The van der Waals surface area contributed by atoms with Gasteiger partial charge in [0.2, 0.25) is 0 Å². The van der Waals surface area contributed by atoms with Crippen LogP contribution in [0.1, 0.15) is 0 Å². The fraction of sp³-hybridized carbons (Fsp3) is 0. The van der Waals surface area contributed by atoms with Gasteiger partial charge in [-0.05, 0) is 30.3 Å². The van der Waals surface area contributed by atoms with E-state index in [2.05, 4.69) is 15.0 Å². The van der Waals surface area contributed by atoms with Crippen LogP contribution in [-0.4, -0.2) is 15.0 Å². The summed E-state index contributed by atoms with van der Waals surface area (Å²) in [4.78, 5) is 12.8. The molecule has 0 atom stereocenters. The van der Waals surface area contributed by atoms with Crippen molar-refractivity contribution in [3.63, 3.8) is 0 Å². The topological polar surface area (TPSA) is 38.7 Å². The maximum Gasteiger partial charge on any atom is 0.159 e. The lowest BCUT2D eigenvalue weighted by atomic mass is 10.2. The maximum atomic E-state index is 4.40. The van der Waals surface area contributed by atoms with E-state index in [1.165, 1.54) is 0 Å². The standard InChI is InChI=1S/C11H7N3/c1-3-8-7-10-9(4-2-5-12-10)14-11(8)13-6-1/h1-7H. The van der Waals surface area contributed by atoms with Gasteiger partial charge in [0.1, 0.15) is 0 Å². The van der Waals surface area contributed by atoms with E-state index in [4.69, 9.17) is 0 Å². The van der Waals surface area contributed by atoms with Crippen molar-refractivity contribution in [2.45, 2.75) is 0 Å². The Morgan fingerprint density at radius 2 is 1.71 bits per heavy atom. The van der Waals surface area contributed by atoms with E-state index >= 15 is 0 Å². The first kappa shape index (κ1) is 7.38. The van der Waals surface area contributed by atoms with E-state index in [0.29, 0.717) is 0 Å². The van der Waals surface area contributed by atoms with E-state index in [1.54, 1.807) is 12.4 Å². The summed E-state index contributed by atoms with van der Waals surface area (Å²) in [5, 5.41) is 1.03. The van der Waals surface area contributed by atoms with E-state index in [9.17, 15) is 0 Å². The molecule has 3 heterocycles. The predicted octanol–water partition coefficient (Wildman–Crippen LogP) is 2.18. The van der Waals surface area contributed by atoms with Crippen molar-refractivity contribution in [1.29, 1.82) is 0 Å². The van der Waals surface area contributed by atoms with E-state index in [-0.39, 0.29) is 0 Å². The van der Waals surface area contributed by atoms with Crippen LogP contribution < -0.4 is 0 Å². The fourth-order valence-corrected chi connectivity index (χ4v) is 1.49. The molecule has 0 aromatic carbocycles. The van der Waals surface area contributed by atoms with E-state index < -0.39 is 0 Å².